The molecule has 1 atom stereocenters. The number of sulfonamides is 1. The maximum absolute atomic E-state index is 12.6. The largest absolute Gasteiger partial charge is 0.465 e. The molecule has 0 amide bonds. The van der Waals surface area contributed by atoms with Gasteiger partial charge in [0.1, 0.15) is 0 Å². The smallest absolute Gasteiger partial charge is 0.338 e. The lowest BCUT2D eigenvalue weighted by molar-refractivity contribution is 0.0599. The van der Waals surface area contributed by atoms with Crippen LogP contribution in [0.4, 0.5) is 5.82 Å². The molecular formula is C17H23N3O4S. The number of carbonyl (C=O) groups excluding carboxylic acids is 1. The first-order valence-electron chi connectivity index (χ1n) is 8.05. The summed E-state index contributed by atoms with van der Waals surface area (Å²) >= 11 is 0. The molecule has 0 radical (unpaired) electrons. The van der Waals surface area contributed by atoms with E-state index in [9.17, 15) is 13.2 Å². The monoisotopic (exact) mass is 365 g/mol. The molecule has 2 N–H and O–H groups in total. The van der Waals surface area contributed by atoms with E-state index in [2.05, 4.69) is 33.5 Å². The second-order valence-corrected chi connectivity index (χ2v) is 7.65. The standard InChI is InChI=1S/C17H23N3O4S/c1-5-6-12(3)15-10-16(19-18-15)20-25(22,23)13-8-7-11(2)14(9-13)17(21)24-4/h7-10,12H,5-6H2,1-4H3,(H2,18,19,20). The summed E-state index contributed by atoms with van der Waals surface area (Å²) in [5, 5.41) is 6.88. The highest BCUT2D eigenvalue weighted by atomic mass is 32.2. The number of esters is 1. The van der Waals surface area contributed by atoms with Gasteiger partial charge in [0, 0.05) is 11.8 Å². The third kappa shape index (κ3) is 4.39. The molecule has 25 heavy (non-hydrogen) atoms. The van der Waals surface area contributed by atoms with Gasteiger partial charge in [0.2, 0.25) is 0 Å². The van der Waals surface area contributed by atoms with Gasteiger partial charge in [-0.15, -0.1) is 0 Å². The molecule has 136 valence electrons. The fourth-order valence-electron chi connectivity index (χ4n) is 2.52. The predicted molar refractivity (Wildman–Crippen MR) is 95.2 cm³/mol. The van der Waals surface area contributed by atoms with Crippen LogP contribution in [-0.2, 0) is 14.8 Å². The van der Waals surface area contributed by atoms with Gasteiger partial charge in [-0.05, 0) is 37.0 Å². The molecule has 0 saturated carbocycles. The number of benzene rings is 1. The van der Waals surface area contributed by atoms with Crippen LogP contribution in [-0.4, -0.2) is 31.7 Å². The maximum atomic E-state index is 12.6. The average Bonchev–Trinajstić information content (AvgIpc) is 3.02. The molecule has 8 heteroatoms. The second-order valence-electron chi connectivity index (χ2n) is 5.97. The summed E-state index contributed by atoms with van der Waals surface area (Å²) in [6, 6.07) is 6.00. The van der Waals surface area contributed by atoms with Crippen molar-refractivity contribution >= 4 is 21.8 Å². The Balaban J connectivity index is 2.26. The number of nitrogens with one attached hydrogen (secondary N) is 2. The van der Waals surface area contributed by atoms with Gasteiger partial charge in [-0.3, -0.25) is 9.82 Å². The van der Waals surface area contributed by atoms with E-state index in [0.29, 0.717) is 5.56 Å². The molecule has 0 bridgehead atoms. The maximum Gasteiger partial charge on any atom is 0.338 e. The Morgan fingerprint density at radius 1 is 1.36 bits per heavy atom. The van der Waals surface area contributed by atoms with Crippen molar-refractivity contribution in [1.29, 1.82) is 0 Å². The zero-order valence-electron chi connectivity index (χ0n) is 14.8. The molecule has 1 unspecified atom stereocenters. The first-order chi connectivity index (χ1) is 11.8. The molecule has 0 aliphatic carbocycles. The Morgan fingerprint density at radius 3 is 2.72 bits per heavy atom. The van der Waals surface area contributed by atoms with E-state index in [1.165, 1.54) is 19.2 Å². The van der Waals surface area contributed by atoms with Gasteiger partial charge in [0.25, 0.3) is 10.0 Å². The molecule has 2 rings (SSSR count). The normalized spacial score (nSPS) is 12.6. The molecule has 0 aliphatic heterocycles. The Hall–Kier alpha value is -2.35. The van der Waals surface area contributed by atoms with Gasteiger partial charge in [-0.2, -0.15) is 5.10 Å². The highest BCUT2D eigenvalue weighted by Crippen LogP contribution is 2.23. The van der Waals surface area contributed by atoms with E-state index in [1.54, 1.807) is 19.1 Å². The van der Waals surface area contributed by atoms with Crippen molar-refractivity contribution in [3.05, 3.63) is 41.1 Å². The van der Waals surface area contributed by atoms with Crippen molar-refractivity contribution < 1.29 is 17.9 Å². The fraction of sp³-hybridized carbons (Fsp3) is 0.412. The first kappa shape index (κ1) is 19.0. The minimum atomic E-state index is -3.86. The highest BCUT2D eigenvalue weighted by molar-refractivity contribution is 7.92. The van der Waals surface area contributed by atoms with Gasteiger partial charge in [0.05, 0.1) is 17.6 Å². The third-order valence-corrected chi connectivity index (χ3v) is 5.37. The fourth-order valence-corrected chi connectivity index (χ4v) is 3.54. The van der Waals surface area contributed by atoms with E-state index in [4.69, 9.17) is 0 Å². The molecule has 1 aromatic heterocycles. The first-order valence-corrected chi connectivity index (χ1v) is 9.54. The van der Waals surface area contributed by atoms with E-state index in [1.807, 2.05) is 0 Å². The van der Waals surface area contributed by atoms with E-state index >= 15 is 0 Å². The number of ether oxygens (including phenoxy) is 1. The van der Waals surface area contributed by atoms with Crippen LogP contribution in [0.3, 0.4) is 0 Å². The lowest BCUT2D eigenvalue weighted by Crippen LogP contribution is -2.15. The number of aryl methyl sites for hydroxylation is 1. The van der Waals surface area contributed by atoms with Crippen molar-refractivity contribution in [2.24, 2.45) is 0 Å². The quantitative estimate of drug-likeness (QED) is 0.734. The zero-order chi connectivity index (χ0) is 18.6. The van der Waals surface area contributed by atoms with Crippen LogP contribution in [0.1, 0.15) is 54.2 Å². The summed E-state index contributed by atoms with van der Waals surface area (Å²) in [5.74, 6) is -0.0933. The number of hydrogen-bond acceptors (Lipinski definition) is 5. The molecule has 0 fully saturated rings. The molecule has 2 aromatic rings. The summed E-state index contributed by atoms with van der Waals surface area (Å²) in [5.41, 5.74) is 1.73. The Kier molecular flexibility index (Phi) is 5.84. The van der Waals surface area contributed by atoms with Crippen LogP contribution in [0.25, 0.3) is 0 Å². The van der Waals surface area contributed by atoms with Crippen molar-refractivity contribution in [3.8, 4) is 0 Å². The van der Waals surface area contributed by atoms with Crippen LogP contribution < -0.4 is 4.72 Å². The van der Waals surface area contributed by atoms with Crippen LogP contribution in [0.15, 0.2) is 29.2 Å². The second kappa shape index (κ2) is 7.69. The van der Waals surface area contributed by atoms with E-state index in [-0.39, 0.29) is 22.2 Å². The van der Waals surface area contributed by atoms with Gasteiger partial charge in [0.15, 0.2) is 5.82 Å². The highest BCUT2D eigenvalue weighted by Gasteiger charge is 2.20. The Morgan fingerprint density at radius 2 is 2.08 bits per heavy atom. The summed E-state index contributed by atoms with van der Waals surface area (Å²) in [6.45, 7) is 5.86. The van der Waals surface area contributed by atoms with Crippen LogP contribution >= 0.6 is 0 Å². The lowest BCUT2D eigenvalue weighted by Gasteiger charge is -2.09. The summed E-state index contributed by atoms with van der Waals surface area (Å²) in [4.78, 5) is 11.7. The van der Waals surface area contributed by atoms with Gasteiger partial charge < -0.3 is 4.74 Å². The number of anilines is 1. The molecule has 0 spiro atoms. The molecule has 1 aromatic carbocycles. The van der Waals surface area contributed by atoms with Crippen LogP contribution in [0.5, 0.6) is 0 Å². The van der Waals surface area contributed by atoms with Crippen LogP contribution in [0.2, 0.25) is 0 Å². The molecule has 0 saturated heterocycles. The number of H-pyrrole nitrogens is 1. The van der Waals surface area contributed by atoms with Crippen molar-refractivity contribution in [3.63, 3.8) is 0 Å². The van der Waals surface area contributed by atoms with Crippen molar-refractivity contribution in [2.75, 3.05) is 11.8 Å². The number of aromatic amines is 1. The number of nitrogens with zero attached hydrogens (tertiary/aromatic N) is 1. The van der Waals surface area contributed by atoms with E-state index in [0.717, 1.165) is 18.5 Å². The number of hydrogen-bond donors (Lipinski definition) is 2. The van der Waals surface area contributed by atoms with Gasteiger partial charge in [-0.25, -0.2) is 13.2 Å². The third-order valence-electron chi connectivity index (χ3n) is 4.01. The van der Waals surface area contributed by atoms with Crippen molar-refractivity contribution in [1.82, 2.24) is 10.2 Å². The van der Waals surface area contributed by atoms with Gasteiger partial charge >= 0.3 is 5.97 Å². The average molecular weight is 365 g/mol. The predicted octanol–water partition coefficient (Wildman–Crippen LogP) is 3.21. The minimum absolute atomic E-state index is 0.0235. The summed E-state index contributed by atoms with van der Waals surface area (Å²) in [7, 11) is -2.61. The molecule has 0 aliphatic rings. The Labute approximate surface area is 147 Å². The van der Waals surface area contributed by atoms with Gasteiger partial charge in [-0.1, -0.05) is 26.3 Å². The van der Waals surface area contributed by atoms with E-state index < -0.39 is 16.0 Å². The number of rotatable bonds is 7. The molecular weight excluding hydrogens is 342 g/mol. The lowest BCUT2D eigenvalue weighted by atomic mass is 10.0. The van der Waals surface area contributed by atoms with Crippen molar-refractivity contribution in [2.45, 2.75) is 44.4 Å². The topological polar surface area (TPSA) is 101 Å². The SMILES string of the molecule is CCCC(C)c1cc(NS(=O)(=O)c2ccc(C)c(C(=O)OC)c2)n[nH]1. The van der Waals surface area contributed by atoms with Crippen LogP contribution in [0, 0.1) is 6.92 Å². The minimum Gasteiger partial charge on any atom is -0.465 e. The number of methoxy groups -OCH3 is 1. The summed E-state index contributed by atoms with van der Waals surface area (Å²) in [6.07, 6.45) is 2.01. The zero-order valence-corrected chi connectivity index (χ0v) is 15.6. The summed E-state index contributed by atoms with van der Waals surface area (Å²) < 4.78 is 32.2. The molecule has 7 nitrogen and oxygen atoms in total. The number of aromatic nitrogens is 2. The number of carbonyl (C=O) groups is 1. The molecule has 1 heterocycles. The Bertz CT molecular complexity index is 859.